The zero-order valence-electron chi connectivity index (χ0n) is 17.5. The maximum atomic E-state index is 13.1. The molecule has 0 saturated carbocycles. The van der Waals surface area contributed by atoms with Crippen LogP contribution in [0.2, 0.25) is 5.02 Å². The highest BCUT2D eigenvalue weighted by Gasteiger charge is 2.31. The van der Waals surface area contributed by atoms with Gasteiger partial charge in [-0.1, -0.05) is 48.0 Å². The molecule has 158 valence electrons. The summed E-state index contributed by atoms with van der Waals surface area (Å²) in [4.78, 5) is 27.3. The Morgan fingerprint density at radius 1 is 1.06 bits per heavy atom. The van der Waals surface area contributed by atoms with Gasteiger partial charge in [-0.15, -0.1) is 0 Å². The number of anilines is 2. The molecule has 3 aromatic carbocycles. The molecule has 0 saturated heterocycles. The summed E-state index contributed by atoms with van der Waals surface area (Å²) in [6, 6.07) is 20.5. The summed E-state index contributed by atoms with van der Waals surface area (Å²) in [5.41, 5.74) is 5.14. The van der Waals surface area contributed by atoms with Gasteiger partial charge in [-0.05, 0) is 67.3 Å². The SMILES string of the molecule is Cc1c(Cl)cccc1NC(=O)NCc1ccc2c(c1)N(C(=O)c1ccccc1)[C@@H](C)C2. The largest absolute Gasteiger partial charge is 0.334 e. The molecule has 0 bridgehead atoms. The van der Waals surface area contributed by atoms with E-state index in [4.69, 9.17) is 11.6 Å². The number of halogens is 1. The van der Waals surface area contributed by atoms with Crippen LogP contribution < -0.4 is 15.5 Å². The molecular formula is C25H24ClN3O2. The number of rotatable bonds is 4. The van der Waals surface area contributed by atoms with Crippen LogP contribution in [-0.4, -0.2) is 18.0 Å². The Hall–Kier alpha value is -3.31. The van der Waals surface area contributed by atoms with Crippen LogP contribution in [0, 0.1) is 6.92 Å². The van der Waals surface area contributed by atoms with E-state index in [-0.39, 0.29) is 18.0 Å². The van der Waals surface area contributed by atoms with Gasteiger partial charge in [0.2, 0.25) is 0 Å². The molecule has 3 amide bonds. The van der Waals surface area contributed by atoms with Crippen LogP contribution in [0.1, 0.15) is 34.0 Å². The third-order valence-electron chi connectivity index (χ3n) is 5.57. The first-order chi connectivity index (χ1) is 14.9. The summed E-state index contributed by atoms with van der Waals surface area (Å²) in [6.07, 6.45) is 0.816. The van der Waals surface area contributed by atoms with Crippen LogP contribution in [0.4, 0.5) is 16.2 Å². The summed E-state index contributed by atoms with van der Waals surface area (Å²) in [5.74, 6) is -0.00821. The van der Waals surface area contributed by atoms with Crippen LogP contribution in [0.15, 0.2) is 66.7 Å². The first kappa shape index (κ1) is 20.9. The first-order valence-corrected chi connectivity index (χ1v) is 10.6. The quantitative estimate of drug-likeness (QED) is 0.565. The highest BCUT2D eigenvalue weighted by molar-refractivity contribution is 6.31. The van der Waals surface area contributed by atoms with Gasteiger partial charge in [-0.3, -0.25) is 4.79 Å². The lowest BCUT2D eigenvalue weighted by atomic mass is 10.1. The van der Waals surface area contributed by atoms with E-state index in [0.717, 1.165) is 28.8 Å². The number of hydrogen-bond donors (Lipinski definition) is 2. The highest BCUT2D eigenvalue weighted by Crippen LogP contribution is 2.34. The number of urea groups is 1. The molecule has 0 radical (unpaired) electrons. The van der Waals surface area contributed by atoms with Crippen molar-refractivity contribution in [2.45, 2.75) is 32.9 Å². The second-order valence-corrected chi connectivity index (χ2v) is 8.18. The average molecular weight is 434 g/mol. The maximum Gasteiger partial charge on any atom is 0.319 e. The summed E-state index contributed by atoms with van der Waals surface area (Å²) in [5, 5.41) is 6.31. The fraction of sp³-hybridized carbons (Fsp3) is 0.200. The number of nitrogens with one attached hydrogen (secondary N) is 2. The molecule has 0 fully saturated rings. The monoisotopic (exact) mass is 433 g/mol. The lowest BCUT2D eigenvalue weighted by Crippen LogP contribution is -2.35. The minimum atomic E-state index is -0.309. The summed E-state index contributed by atoms with van der Waals surface area (Å²) < 4.78 is 0. The molecule has 0 unspecified atom stereocenters. The average Bonchev–Trinajstić information content (AvgIpc) is 3.10. The van der Waals surface area contributed by atoms with Crippen LogP contribution in [0.3, 0.4) is 0 Å². The predicted molar refractivity (Wildman–Crippen MR) is 125 cm³/mol. The van der Waals surface area contributed by atoms with Gasteiger partial charge in [-0.25, -0.2) is 4.79 Å². The Labute approximate surface area is 187 Å². The summed E-state index contributed by atoms with van der Waals surface area (Å²) in [6.45, 7) is 4.26. The molecule has 4 rings (SSSR count). The van der Waals surface area contributed by atoms with Crippen molar-refractivity contribution in [1.29, 1.82) is 0 Å². The van der Waals surface area contributed by atoms with E-state index in [1.165, 1.54) is 0 Å². The van der Waals surface area contributed by atoms with Gasteiger partial charge in [0.15, 0.2) is 0 Å². The molecule has 3 aromatic rings. The van der Waals surface area contributed by atoms with Gasteiger partial charge in [0.1, 0.15) is 0 Å². The molecule has 31 heavy (non-hydrogen) atoms. The molecule has 1 atom stereocenters. The van der Waals surface area contributed by atoms with Crippen molar-refractivity contribution in [3.63, 3.8) is 0 Å². The van der Waals surface area contributed by atoms with Crippen LogP contribution in [0.25, 0.3) is 0 Å². The van der Waals surface area contributed by atoms with E-state index < -0.39 is 0 Å². The molecule has 0 aliphatic carbocycles. The Morgan fingerprint density at radius 3 is 2.61 bits per heavy atom. The van der Waals surface area contributed by atoms with Crippen LogP contribution in [-0.2, 0) is 13.0 Å². The summed E-state index contributed by atoms with van der Waals surface area (Å²) >= 11 is 6.12. The first-order valence-electron chi connectivity index (χ1n) is 10.2. The predicted octanol–water partition coefficient (Wildman–Crippen LogP) is 5.56. The highest BCUT2D eigenvalue weighted by atomic mass is 35.5. The third kappa shape index (κ3) is 4.42. The fourth-order valence-corrected chi connectivity index (χ4v) is 4.06. The molecule has 1 aliphatic heterocycles. The van der Waals surface area contributed by atoms with Gasteiger partial charge in [0.05, 0.1) is 0 Å². The smallest absolute Gasteiger partial charge is 0.319 e. The number of carbonyl (C=O) groups is 2. The lowest BCUT2D eigenvalue weighted by Gasteiger charge is -2.23. The van der Waals surface area contributed by atoms with Gasteiger partial charge in [-0.2, -0.15) is 0 Å². The van der Waals surface area contributed by atoms with E-state index in [0.29, 0.717) is 22.8 Å². The molecule has 2 N–H and O–H groups in total. The lowest BCUT2D eigenvalue weighted by molar-refractivity contribution is 0.0981. The van der Waals surface area contributed by atoms with Crippen molar-refractivity contribution in [1.82, 2.24) is 5.32 Å². The van der Waals surface area contributed by atoms with Crippen LogP contribution >= 0.6 is 11.6 Å². The number of carbonyl (C=O) groups excluding carboxylic acids is 2. The Bertz CT molecular complexity index is 1130. The van der Waals surface area contributed by atoms with E-state index in [9.17, 15) is 9.59 Å². The topological polar surface area (TPSA) is 61.4 Å². The van der Waals surface area contributed by atoms with Crippen molar-refractivity contribution < 1.29 is 9.59 Å². The van der Waals surface area contributed by atoms with Gasteiger partial charge >= 0.3 is 6.03 Å². The minimum Gasteiger partial charge on any atom is -0.334 e. The molecule has 6 heteroatoms. The van der Waals surface area contributed by atoms with Crippen molar-refractivity contribution in [3.05, 3.63) is 94.0 Å². The number of nitrogens with zero attached hydrogens (tertiary/aromatic N) is 1. The molecule has 1 heterocycles. The number of hydrogen-bond acceptors (Lipinski definition) is 2. The van der Waals surface area contributed by atoms with E-state index in [1.807, 2.05) is 66.4 Å². The molecule has 5 nitrogen and oxygen atoms in total. The molecule has 1 aliphatic rings. The van der Waals surface area contributed by atoms with E-state index in [2.05, 4.69) is 17.6 Å². The second-order valence-electron chi connectivity index (χ2n) is 7.78. The molecule has 0 aromatic heterocycles. The molecular weight excluding hydrogens is 410 g/mol. The van der Waals surface area contributed by atoms with Gasteiger partial charge < -0.3 is 15.5 Å². The third-order valence-corrected chi connectivity index (χ3v) is 5.98. The standard InChI is InChI=1S/C25H24ClN3O2/c1-16-13-20-12-11-18(14-23(20)29(16)24(30)19-7-4-3-5-8-19)15-27-25(31)28-22-10-6-9-21(26)17(22)2/h3-12,14,16H,13,15H2,1-2H3,(H2,27,28,31)/t16-/m0/s1. The zero-order chi connectivity index (χ0) is 22.0. The number of fused-ring (bicyclic) bond motifs is 1. The van der Waals surface area contributed by atoms with Gasteiger partial charge in [0.25, 0.3) is 5.91 Å². The second kappa shape index (κ2) is 8.82. The van der Waals surface area contributed by atoms with Crippen LogP contribution in [0.5, 0.6) is 0 Å². The van der Waals surface area contributed by atoms with Crippen molar-refractivity contribution >= 4 is 34.9 Å². The maximum absolute atomic E-state index is 13.1. The number of amides is 3. The van der Waals surface area contributed by atoms with Crippen molar-refractivity contribution in [2.24, 2.45) is 0 Å². The molecule has 0 spiro atoms. The Kier molecular flexibility index (Phi) is 5.96. The van der Waals surface area contributed by atoms with Crippen molar-refractivity contribution in [3.8, 4) is 0 Å². The van der Waals surface area contributed by atoms with Crippen molar-refractivity contribution in [2.75, 3.05) is 10.2 Å². The summed E-state index contributed by atoms with van der Waals surface area (Å²) in [7, 11) is 0. The Morgan fingerprint density at radius 2 is 1.84 bits per heavy atom. The fourth-order valence-electron chi connectivity index (χ4n) is 3.88. The zero-order valence-corrected chi connectivity index (χ0v) is 18.2. The number of benzene rings is 3. The minimum absolute atomic E-state index is 0.00821. The van der Waals surface area contributed by atoms with E-state index >= 15 is 0 Å². The van der Waals surface area contributed by atoms with E-state index in [1.54, 1.807) is 12.1 Å². The normalized spacial score (nSPS) is 14.8. The van der Waals surface area contributed by atoms with Gasteiger partial charge in [0, 0.05) is 34.5 Å². The Balaban J connectivity index is 1.47.